The van der Waals surface area contributed by atoms with Gasteiger partial charge in [0, 0.05) is 17.6 Å². The van der Waals surface area contributed by atoms with Gasteiger partial charge in [0.1, 0.15) is 11.3 Å². The van der Waals surface area contributed by atoms with Crippen LogP contribution in [-0.4, -0.2) is 25.0 Å². The molecule has 1 aromatic heterocycles. The summed E-state index contributed by atoms with van der Waals surface area (Å²) in [7, 11) is 0. The van der Waals surface area contributed by atoms with E-state index in [1.165, 1.54) is 0 Å². The maximum absolute atomic E-state index is 12.5. The molecule has 2 amide bonds. The molecule has 3 aromatic rings. The van der Waals surface area contributed by atoms with Crippen molar-refractivity contribution in [1.82, 2.24) is 10.9 Å². The second kappa shape index (κ2) is 9.25. The van der Waals surface area contributed by atoms with Crippen molar-refractivity contribution in [2.45, 2.75) is 13.5 Å². The molecule has 7 nitrogen and oxygen atoms in total. The van der Waals surface area contributed by atoms with E-state index in [9.17, 15) is 9.59 Å². The SMILES string of the molecule is CCOCc1c(C(=O)NNC(=O)COc2ccccc2Cl)oc2ccccc12. The second-order valence-corrected chi connectivity index (χ2v) is 6.17. The molecular formula is C20H19ClN2O5. The number of hydrazine groups is 1. The number of hydrogen-bond donors (Lipinski definition) is 2. The van der Waals surface area contributed by atoms with Crippen molar-refractivity contribution >= 4 is 34.4 Å². The van der Waals surface area contributed by atoms with E-state index in [0.29, 0.717) is 28.5 Å². The molecule has 0 atom stereocenters. The van der Waals surface area contributed by atoms with Gasteiger partial charge in [-0.2, -0.15) is 0 Å². The minimum absolute atomic E-state index is 0.0852. The number of para-hydroxylation sites is 2. The maximum Gasteiger partial charge on any atom is 0.305 e. The van der Waals surface area contributed by atoms with E-state index in [1.54, 1.807) is 30.3 Å². The predicted octanol–water partition coefficient (Wildman–Crippen LogP) is 3.46. The molecule has 0 aliphatic rings. The van der Waals surface area contributed by atoms with Gasteiger partial charge in [0.05, 0.1) is 11.6 Å². The van der Waals surface area contributed by atoms with Crippen molar-refractivity contribution in [2.24, 2.45) is 0 Å². The molecule has 0 radical (unpaired) electrons. The van der Waals surface area contributed by atoms with Crippen molar-refractivity contribution in [3.05, 3.63) is 64.9 Å². The van der Waals surface area contributed by atoms with E-state index in [-0.39, 0.29) is 19.0 Å². The number of ether oxygens (including phenoxy) is 2. The van der Waals surface area contributed by atoms with E-state index >= 15 is 0 Å². The molecule has 0 unspecified atom stereocenters. The fraction of sp³-hybridized carbons (Fsp3) is 0.200. The number of furan rings is 1. The van der Waals surface area contributed by atoms with Crippen LogP contribution in [0.1, 0.15) is 23.0 Å². The molecule has 0 aliphatic carbocycles. The third-order valence-corrected chi connectivity index (χ3v) is 4.18. The summed E-state index contributed by atoms with van der Waals surface area (Å²) in [6.45, 7) is 2.27. The molecule has 28 heavy (non-hydrogen) atoms. The minimum Gasteiger partial charge on any atom is -0.482 e. The number of halogens is 1. The normalized spacial score (nSPS) is 10.6. The average Bonchev–Trinajstić information content (AvgIpc) is 3.08. The number of nitrogens with one attached hydrogen (secondary N) is 2. The van der Waals surface area contributed by atoms with Gasteiger partial charge in [-0.05, 0) is 25.1 Å². The zero-order valence-electron chi connectivity index (χ0n) is 15.2. The zero-order chi connectivity index (χ0) is 19.9. The molecule has 2 N–H and O–H groups in total. The van der Waals surface area contributed by atoms with Gasteiger partial charge in [-0.3, -0.25) is 20.4 Å². The first-order valence-corrected chi connectivity index (χ1v) is 9.02. The summed E-state index contributed by atoms with van der Waals surface area (Å²) in [6.07, 6.45) is 0. The third kappa shape index (κ3) is 4.62. The van der Waals surface area contributed by atoms with Gasteiger partial charge in [-0.25, -0.2) is 0 Å². The Hall–Kier alpha value is -3.03. The monoisotopic (exact) mass is 402 g/mol. The molecule has 3 rings (SSSR count). The van der Waals surface area contributed by atoms with Gasteiger partial charge in [0.2, 0.25) is 0 Å². The highest BCUT2D eigenvalue weighted by molar-refractivity contribution is 6.32. The summed E-state index contributed by atoms with van der Waals surface area (Å²) >= 11 is 5.96. The third-order valence-electron chi connectivity index (χ3n) is 3.87. The van der Waals surface area contributed by atoms with Crippen LogP contribution in [0.15, 0.2) is 52.9 Å². The lowest BCUT2D eigenvalue weighted by Gasteiger charge is -2.09. The van der Waals surface area contributed by atoms with E-state index in [1.807, 2.05) is 25.1 Å². The van der Waals surface area contributed by atoms with Gasteiger partial charge < -0.3 is 13.9 Å². The Morgan fingerprint density at radius 2 is 1.82 bits per heavy atom. The zero-order valence-corrected chi connectivity index (χ0v) is 15.9. The van der Waals surface area contributed by atoms with Crippen molar-refractivity contribution in [3.63, 3.8) is 0 Å². The lowest BCUT2D eigenvalue weighted by Crippen LogP contribution is -2.44. The van der Waals surface area contributed by atoms with Crippen molar-refractivity contribution < 1.29 is 23.5 Å². The first-order valence-electron chi connectivity index (χ1n) is 8.64. The fourth-order valence-electron chi connectivity index (χ4n) is 2.55. The van der Waals surface area contributed by atoms with E-state index < -0.39 is 11.8 Å². The molecule has 1 heterocycles. The highest BCUT2D eigenvalue weighted by Gasteiger charge is 2.21. The number of carbonyl (C=O) groups is 2. The Labute approximate surface area is 166 Å². The summed E-state index contributed by atoms with van der Waals surface area (Å²) in [5, 5.41) is 1.18. The fourth-order valence-corrected chi connectivity index (χ4v) is 2.74. The van der Waals surface area contributed by atoms with Crippen molar-refractivity contribution in [3.8, 4) is 5.75 Å². The van der Waals surface area contributed by atoms with Gasteiger partial charge in [0.15, 0.2) is 12.4 Å². The molecule has 0 fully saturated rings. The Morgan fingerprint density at radius 3 is 2.61 bits per heavy atom. The Balaban J connectivity index is 1.63. The number of benzene rings is 2. The molecule has 8 heteroatoms. The van der Waals surface area contributed by atoms with Gasteiger partial charge >= 0.3 is 5.91 Å². The lowest BCUT2D eigenvalue weighted by atomic mass is 10.1. The second-order valence-electron chi connectivity index (χ2n) is 5.76. The van der Waals surface area contributed by atoms with Crippen LogP contribution in [0.4, 0.5) is 0 Å². The van der Waals surface area contributed by atoms with Gasteiger partial charge in [0.25, 0.3) is 5.91 Å². The molecule has 0 bridgehead atoms. The maximum atomic E-state index is 12.5. The Morgan fingerprint density at radius 1 is 1.07 bits per heavy atom. The quantitative estimate of drug-likeness (QED) is 0.591. The van der Waals surface area contributed by atoms with Crippen molar-refractivity contribution in [1.29, 1.82) is 0 Å². The average molecular weight is 403 g/mol. The van der Waals surface area contributed by atoms with Crippen LogP contribution < -0.4 is 15.6 Å². The Kier molecular flexibility index (Phi) is 6.52. The molecule has 2 aromatic carbocycles. The number of fused-ring (bicyclic) bond motifs is 1. The minimum atomic E-state index is -0.586. The summed E-state index contributed by atoms with van der Waals surface area (Å²) in [5.74, 6) is -0.670. The van der Waals surface area contributed by atoms with Crippen LogP contribution >= 0.6 is 11.6 Å². The molecular weight excluding hydrogens is 384 g/mol. The van der Waals surface area contributed by atoms with Crippen LogP contribution in [0.5, 0.6) is 5.75 Å². The largest absolute Gasteiger partial charge is 0.482 e. The first-order chi connectivity index (χ1) is 13.6. The Bertz CT molecular complexity index is 986. The summed E-state index contributed by atoms with van der Waals surface area (Å²) < 4.78 is 16.4. The predicted molar refractivity (Wildman–Crippen MR) is 104 cm³/mol. The topological polar surface area (TPSA) is 89.8 Å². The number of carbonyl (C=O) groups excluding carboxylic acids is 2. The van der Waals surface area contributed by atoms with Gasteiger partial charge in [-0.1, -0.05) is 41.9 Å². The summed E-state index contributed by atoms with van der Waals surface area (Å²) in [4.78, 5) is 24.4. The van der Waals surface area contributed by atoms with Crippen LogP contribution in [0.2, 0.25) is 5.02 Å². The molecule has 0 saturated heterocycles. The number of rotatable bonds is 7. The smallest absolute Gasteiger partial charge is 0.305 e. The van der Waals surface area contributed by atoms with Crippen LogP contribution in [-0.2, 0) is 16.1 Å². The van der Waals surface area contributed by atoms with Crippen LogP contribution in [0, 0.1) is 0 Å². The van der Waals surface area contributed by atoms with E-state index in [2.05, 4.69) is 10.9 Å². The molecule has 0 saturated carbocycles. The summed E-state index contributed by atoms with van der Waals surface area (Å²) in [5.41, 5.74) is 5.80. The summed E-state index contributed by atoms with van der Waals surface area (Å²) in [6, 6.07) is 14.1. The van der Waals surface area contributed by atoms with E-state index in [0.717, 1.165) is 5.39 Å². The van der Waals surface area contributed by atoms with Crippen LogP contribution in [0.3, 0.4) is 0 Å². The molecule has 0 aliphatic heterocycles. The molecule has 146 valence electrons. The number of hydrogen-bond acceptors (Lipinski definition) is 5. The number of amides is 2. The molecule has 0 spiro atoms. The van der Waals surface area contributed by atoms with Crippen LogP contribution in [0.25, 0.3) is 11.0 Å². The highest BCUT2D eigenvalue weighted by atomic mass is 35.5. The van der Waals surface area contributed by atoms with Gasteiger partial charge in [-0.15, -0.1) is 0 Å². The lowest BCUT2D eigenvalue weighted by molar-refractivity contribution is -0.123. The highest BCUT2D eigenvalue weighted by Crippen LogP contribution is 2.26. The first kappa shape index (κ1) is 19.7. The van der Waals surface area contributed by atoms with E-state index in [4.69, 9.17) is 25.5 Å². The standard InChI is InChI=1S/C20H19ClN2O5/c1-2-26-11-14-13-7-3-5-9-16(13)28-19(14)20(25)23-22-18(24)12-27-17-10-6-4-8-15(17)21/h3-10H,2,11-12H2,1H3,(H,22,24)(H,23,25). The van der Waals surface area contributed by atoms with Crippen molar-refractivity contribution in [2.75, 3.05) is 13.2 Å².